The lowest BCUT2D eigenvalue weighted by atomic mass is 10.2. The largest absolute Gasteiger partial charge is 0.453 e. The molecule has 0 unspecified atom stereocenters. The van der Waals surface area contributed by atoms with Crippen LogP contribution in [-0.4, -0.2) is 38.1 Å². The average molecular weight is 280 g/mol. The summed E-state index contributed by atoms with van der Waals surface area (Å²) >= 11 is 0. The maximum absolute atomic E-state index is 11.5. The van der Waals surface area contributed by atoms with Gasteiger partial charge in [-0.2, -0.15) is 0 Å². The molecule has 0 heterocycles. The van der Waals surface area contributed by atoms with Crippen molar-refractivity contribution in [3.63, 3.8) is 0 Å². The van der Waals surface area contributed by atoms with Crippen molar-refractivity contribution in [2.45, 2.75) is 0 Å². The van der Waals surface area contributed by atoms with Gasteiger partial charge in [-0.15, -0.1) is 0 Å². The molecular formula is C12H16N4O4. The fourth-order valence-electron chi connectivity index (χ4n) is 1.30. The van der Waals surface area contributed by atoms with E-state index in [-0.39, 0.29) is 13.1 Å². The fraction of sp³-hybridized carbons (Fsp3) is 0.250. The summed E-state index contributed by atoms with van der Waals surface area (Å²) in [5, 5.41) is 7.37. The van der Waals surface area contributed by atoms with Gasteiger partial charge in [0.2, 0.25) is 11.8 Å². The number of carbonyl (C=O) groups is 3. The van der Waals surface area contributed by atoms with Gasteiger partial charge in [0.25, 0.3) is 0 Å². The molecule has 0 radical (unpaired) electrons. The van der Waals surface area contributed by atoms with Gasteiger partial charge in [-0.25, -0.2) is 4.79 Å². The molecule has 0 atom stereocenters. The van der Waals surface area contributed by atoms with Gasteiger partial charge in [0.15, 0.2) is 0 Å². The highest BCUT2D eigenvalue weighted by molar-refractivity contribution is 5.95. The van der Waals surface area contributed by atoms with Crippen molar-refractivity contribution in [1.82, 2.24) is 5.32 Å². The Hall–Kier alpha value is -2.61. The molecule has 0 aromatic heterocycles. The molecule has 3 amide bonds. The van der Waals surface area contributed by atoms with Crippen LogP contribution < -0.4 is 21.7 Å². The number of hydrogen-bond acceptors (Lipinski definition) is 5. The van der Waals surface area contributed by atoms with E-state index in [0.717, 1.165) is 0 Å². The Labute approximate surface area is 115 Å². The highest BCUT2D eigenvalue weighted by atomic mass is 16.5. The Balaban J connectivity index is 2.55. The van der Waals surface area contributed by atoms with Gasteiger partial charge in [-0.1, -0.05) is 6.07 Å². The second-order valence-electron chi connectivity index (χ2n) is 3.73. The summed E-state index contributed by atoms with van der Waals surface area (Å²) in [6.07, 6.45) is -0.608. The topological polar surface area (TPSA) is 123 Å². The van der Waals surface area contributed by atoms with Gasteiger partial charge >= 0.3 is 6.09 Å². The molecule has 0 aliphatic rings. The summed E-state index contributed by atoms with van der Waals surface area (Å²) in [6.45, 7) is -0.351. The minimum atomic E-state index is -0.608. The van der Waals surface area contributed by atoms with Crippen molar-refractivity contribution in [3.8, 4) is 0 Å². The number of ether oxygens (including phenoxy) is 1. The van der Waals surface area contributed by atoms with Crippen LogP contribution in [0.25, 0.3) is 0 Å². The molecule has 8 nitrogen and oxygen atoms in total. The molecule has 0 spiro atoms. The van der Waals surface area contributed by atoms with Gasteiger partial charge in [0.05, 0.1) is 20.2 Å². The second-order valence-corrected chi connectivity index (χ2v) is 3.73. The third-order valence-electron chi connectivity index (χ3n) is 2.21. The number of carbonyl (C=O) groups excluding carboxylic acids is 3. The van der Waals surface area contributed by atoms with E-state index in [1.165, 1.54) is 7.11 Å². The van der Waals surface area contributed by atoms with Crippen LogP contribution in [0.5, 0.6) is 0 Å². The van der Waals surface area contributed by atoms with Gasteiger partial charge < -0.3 is 21.1 Å². The molecule has 1 aromatic carbocycles. The Morgan fingerprint density at radius 1 is 1.15 bits per heavy atom. The van der Waals surface area contributed by atoms with Crippen LogP contribution in [-0.2, 0) is 14.3 Å². The van der Waals surface area contributed by atoms with Gasteiger partial charge in [0.1, 0.15) is 0 Å². The van der Waals surface area contributed by atoms with E-state index >= 15 is 0 Å². The monoisotopic (exact) mass is 280 g/mol. The summed E-state index contributed by atoms with van der Waals surface area (Å²) in [5.74, 6) is -0.816. The SMILES string of the molecule is COC(=O)Nc1cccc(NC(=O)CNC(=O)CN)c1. The summed E-state index contributed by atoms with van der Waals surface area (Å²) < 4.78 is 4.46. The van der Waals surface area contributed by atoms with E-state index in [1.807, 2.05) is 0 Å². The molecule has 8 heteroatoms. The van der Waals surface area contributed by atoms with E-state index in [2.05, 4.69) is 20.7 Å². The number of nitrogens with two attached hydrogens (primary N) is 1. The predicted molar refractivity (Wildman–Crippen MR) is 73.2 cm³/mol. The van der Waals surface area contributed by atoms with Crippen LogP contribution in [0, 0.1) is 0 Å². The van der Waals surface area contributed by atoms with Crippen molar-refractivity contribution in [1.29, 1.82) is 0 Å². The van der Waals surface area contributed by atoms with Crippen molar-refractivity contribution >= 4 is 29.3 Å². The van der Waals surface area contributed by atoms with E-state index in [0.29, 0.717) is 11.4 Å². The lowest BCUT2D eigenvalue weighted by molar-refractivity contribution is -0.123. The first-order valence-electron chi connectivity index (χ1n) is 5.77. The molecule has 1 rings (SSSR count). The smallest absolute Gasteiger partial charge is 0.411 e. The number of amides is 3. The number of hydrogen-bond donors (Lipinski definition) is 4. The quantitative estimate of drug-likeness (QED) is 0.598. The van der Waals surface area contributed by atoms with E-state index < -0.39 is 17.9 Å². The third-order valence-corrected chi connectivity index (χ3v) is 2.21. The van der Waals surface area contributed by atoms with Crippen molar-refractivity contribution in [2.24, 2.45) is 5.73 Å². The second kappa shape index (κ2) is 7.74. The van der Waals surface area contributed by atoms with Gasteiger partial charge in [-0.3, -0.25) is 14.9 Å². The Kier molecular flexibility index (Phi) is 5.98. The minimum absolute atomic E-state index is 0.175. The molecule has 0 saturated carbocycles. The fourth-order valence-corrected chi connectivity index (χ4v) is 1.30. The molecular weight excluding hydrogens is 264 g/mol. The summed E-state index contributed by atoms with van der Waals surface area (Å²) in [4.78, 5) is 33.5. The number of benzene rings is 1. The summed E-state index contributed by atoms with van der Waals surface area (Å²) in [7, 11) is 1.25. The zero-order valence-electron chi connectivity index (χ0n) is 10.9. The zero-order chi connectivity index (χ0) is 15.0. The molecule has 108 valence electrons. The Morgan fingerprint density at radius 3 is 2.40 bits per heavy atom. The third kappa shape index (κ3) is 5.36. The number of rotatable bonds is 5. The van der Waals surface area contributed by atoms with Crippen molar-refractivity contribution < 1.29 is 19.1 Å². The molecule has 20 heavy (non-hydrogen) atoms. The van der Waals surface area contributed by atoms with Crippen LogP contribution in [0.4, 0.5) is 16.2 Å². The standard InChI is InChI=1S/C12H16N4O4/c1-20-12(19)16-9-4-2-3-8(5-9)15-11(18)7-14-10(17)6-13/h2-5H,6-7,13H2,1H3,(H,14,17)(H,15,18)(H,16,19). The number of methoxy groups -OCH3 is 1. The highest BCUT2D eigenvalue weighted by Gasteiger charge is 2.06. The number of nitrogens with one attached hydrogen (secondary N) is 3. The van der Waals surface area contributed by atoms with E-state index in [4.69, 9.17) is 5.73 Å². The first-order chi connectivity index (χ1) is 9.55. The molecule has 0 bridgehead atoms. The normalized spacial score (nSPS) is 9.50. The number of anilines is 2. The van der Waals surface area contributed by atoms with E-state index in [9.17, 15) is 14.4 Å². The van der Waals surface area contributed by atoms with Crippen LogP contribution in [0.15, 0.2) is 24.3 Å². The van der Waals surface area contributed by atoms with E-state index in [1.54, 1.807) is 24.3 Å². The van der Waals surface area contributed by atoms with Gasteiger partial charge in [0, 0.05) is 11.4 Å². The molecule has 0 saturated heterocycles. The van der Waals surface area contributed by atoms with Crippen molar-refractivity contribution in [3.05, 3.63) is 24.3 Å². The lowest BCUT2D eigenvalue weighted by Crippen LogP contribution is -2.36. The average Bonchev–Trinajstić information content (AvgIpc) is 2.44. The van der Waals surface area contributed by atoms with Crippen LogP contribution in [0.1, 0.15) is 0 Å². The van der Waals surface area contributed by atoms with Crippen LogP contribution in [0.2, 0.25) is 0 Å². The molecule has 0 aliphatic carbocycles. The molecule has 1 aromatic rings. The van der Waals surface area contributed by atoms with Crippen LogP contribution >= 0.6 is 0 Å². The Morgan fingerprint density at radius 2 is 1.80 bits per heavy atom. The molecule has 0 fully saturated rings. The summed E-state index contributed by atoms with van der Waals surface area (Å²) in [5.41, 5.74) is 6.04. The lowest BCUT2D eigenvalue weighted by Gasteiger charge is -2.08. The minimum Gasteiger partial charge on any atom is -0.453 e. The maximum Gasteiger partial charge on any atom is 0.411 e. The molecule has 5 N–H and O–H groups in total. The van der Waals surface area contributed by atoms with Crippen molar-refractivity contribution in [2.75, 3.05) is 30.8 Å². The zero-order valence-corrected chi connectivity index (χ0v) is 10.9. The van der Waals surface area contributed by atoms with Crippen LogP contribution in [0.3, 0.4) is 0 Å². The Bertz CT molecular complexity index is 504. The maximum atomic E-state index is 11.5. The first-order valence-corrected chi connectivity index (χ1v) is 5.77. The predicted octanol–water partition coefficient (Wildman–Crippen LogP) is -0.122. The first kappa shape index (κ1) is 15.4. The highest BCUT2D eigenvalue weighted by Crippen LogP contribution is 2.15. The summed E-state index contributed by atoms with van der Waals surface area (Å²) in [6, 6.07) is 6.49. The van der Waals surface area contributed by atoms with Gasteiger partial charge in [-0.05, 0) is 18.2 Å². The molecule has 0 aliphatic heterocycles.